The Morgan fingerprint density at radius 1 is 0.864 bits per heavy atom. The zero-order valence-corrected chi connectivity index (χ0v) is 14.4. The molecule has 0 radical (unpaired) electrons. The van der Waals surface area contributed by atoms with E-state index in [1.807, 2.05) is 0 Å². The number of rotatable bonds is 2. The molecule has 2 heterocycles. The van der Waals surface area contributed by atoms with E-state index in [0.29, 0.717) is 0 Å². The smallest absolute Gasteiger partial charge is 0.274 e. The fraction of sp³-hybridized carbons (Fsp3) is 0.200. The summed E-state index contributed by atoms with van der Waals surface area (Å²) in [6.07, 6.45) is 0. The van der Waals surface area contributed by atoms with Crippen LogP contribution in [0.25, 0.3) is 0 Å². The fourth-order valence-corrected chi connectivity index (χ4v) is 4.03. The highest BCUT2D eigenvalue weighted by Crippen LogP contribution is 2.40. The minimum Gasteiger partial charge on any atom is -0.274 e. The van der Waals surface area contributed by atoms with Crippen LogP contribution in [-0.2, 0) is 19.2 Å². The summed E-state index contributed by atoms with van der Waals surface area (Å²) in [4.78, 5) is 46.8. The van der Waals surface area contributed by atoms with Gasteiger partial charge in [-0.15, -0.1) is 0 Å². The number of nitrogens with zero attached hydrogens (tertiary/aromatic N) is 2. The van der Waals surface area contributed by atoms with Gasteiger partial charge in [-0.3, -0.25) is 30.0 Å². The van der Waals surface area contributed by atoms with Gasteiger partial charge in [-0.2, -0.15) is 10.0 Å². The normalized spacial score (nSPS) is 21.7. The number of hydrogen-bond donors (Lipinski definition) is 2. The third-order valence-electron chi connectivity index (χ3n) is 2.28. The monoisotopic (exact) mass is 376 g/mol. The Hall–Kier alpha value is -1.50. The van der Waals surface area contributed by atoms with Gasteiger partial charge in [0.15, 0.2) is 8.64 Å². The van der Waals surface area contributed by atoms with Gasteiger partial charge in [0, 0.05) is 13.8 Å². The maximum atomic E-state index is 12.2. The lowest BCUT2D eigenvalue weighted by Crippen LogP contribution is -2.44. The highest BCUT2D eigenvalue weighted by molar-refractivity contribution is 8.29. The predicted octanol–water partition coefficient (Wildman–Crippen LogP) is 0.0208. The maximum absolute atomic E-state index is 12.2. The van der Waals surface area contributed by atoms with Crippen molar-refractivity contribution in [3.63, 3.8) is 0 Å². The Balaban J connectivity index is 2.32. The largest absolute Gasteiger partial charge is 0.286 e. The second kappa shape index (κ2) is 6.32. The van der Waals surface area contributed by atoms with E-state index in [1.54, 1.807) is 0 Å². The molecule has 12 heteroatoms. The highest BCUT2D eigenvalue weighted by Gasteiger charge is 2.43. The molecule has 2 N–H and O–H groups in total. The summed E-state index contributed by atoms with van der Waals surface area (Å²) in [7, 11) is 0. The molecule has 0 aromatic carbocycles. The minimum absolute atomic E-state index is 0.0592. The average Bonchev–Trinajstić information content (AvgIpc) is 2.82. The fourth-order valence-electron chi connectivity index (χ4n) is 1.52. The third-order valence-corrected chi connectivity index (χ3v) is 5.16. The SMILES string of the molecule is CC(=O)NN1C(=O)C(=C2SC(=S)N(NC(C)=O)C2=O)SC1=S. The number of amides is 4. The maximum Gasteiger partial charge on any atom is 0.286 e. The van der Waals surface area contributed by atoms with Crippen molar-refractivity contribution in [2.75, 3.05) is 0 Å². The molecule has 116 valence electrons. The highest BCUT2D eigenvalue weighted by atomic mass is 32.2. The molecular formula is C10H8N4O4S4. The van der Waals surface area contributed by atoms with E-state index in [2.05, 4.69) is 10.9 Å². The molecule has 0 saturated carbocycles. The van der Waals surface area contributed by atoms with Crippen LogP contribution in [0.15, 0.2) is 9.81 Å². The lowest BCUT2D eigenvalue weighted by Gasteiger charge is -2.14. The van der Waals surface area contributed by atoms with E-state index < -0.39 is 23.6 Å². The molecule has 4 amide bonds. The quantitative estimate of drug-likeness (QED) is 0.514. The van der Waals surface area contributed by atoms with Gasteiger partial charge in [-0.25, -0.2) is 0 Å². The van der Waals surface area contributed by atoms with Gasteiger partial charge in [0.1, 0.15) is 9.81 Å². The van der Waals surface area contributed by atoms with E-state index >= 15 is 0 Å². The molecule has 0 aromatic heterocycles. The van der Waals surface area contributed by atoms with Crippen LogP contribution in [-0.4, -0.2) is 42.3 Å². The molecule has 0 spiro atoms. The van der Waals surface area contributed by atoms with Crippen molar-refractivity contribution in [1.29, 1.82) is 0 Å². The average molecular weight is 376 g/mol. The number of hydrogen-bond acceptors (Lipinski definition) is 8. The molecule has 0 atom stereocenters. The Morgan fingerprint density at radius 2 is 1.18 bits per heavy atom. The second-order valence-corrected chi connectivity index (χ2v) is 7.30. The van der Waals surface area contributed by atoms with Crippen molar-refractivity contribution < 1.29 is 19.2 Å². The number of thioether (sulfide) groups is 2. The molecule has 0 aliphatic carbocycles. The molecule has 2 fully saturated rings. The van der Waals surface area contributed by atoms with E-state index in [4.69, 9.17) is 24.4 Å². The van der Waals surface area contributed by atoms with Crippen LogP contribution < -0.4 is 10.9 Å². The van der Waals surface area contributed by atoms with E-state index in [9.17, 15) is 19.2 Å². The lowest BCUT2D eigenvalue weighted by atomic mass is 10.4. The molecule has 0 aromatic rings. The summed E-state index contributed by atoms with van der Waals surface area (Å²) in [6.45, 7) is 2.46. The van der Waals surface area contributed by atoms with Crippen LogP contribution in [0.4, 0.5) is 0 Å². The first-order chi connectivity index (χ1) is 10.2. The standard InChI is InChI=1S/C10H8N4O4S4/c1-3(15)11-13-7(17)5(21-9(13)19)6-8(18)14(10(20)22-6)12-4(2)16/h1-2H3,(H,11,15)(H,12,16). The molecule has 0 bridgehead atoms. The predicted molar refractivity (Wildman–Crippen MR) is 88.7 cm³/mol. The second-order valence-electron chi connectivity index (χ2n) is 4.01. The van der Waals surface area contributed by atoms with Crippen LogP contribution in [0.2, 0.25) is 0 Å². The molecule has 2 rings (SSSR count). The van der Waals surface area contributed by atoms with Gasteiger partial charge in [0.25, 0.3) is 11.8 Å². The topological polar surface area (TPSA) is 98.8 Å². The number of thiocarbonyl (C=S) groups is 2. The van der Waals surface area contributed by atoms with Crippen LogP contribution in [0.5, 0.6) is 0 Å². The summed E-state index contributed by atoms with van der Waals surface area (Å²) in [6, 6.07) is 0. The van der Waals surface area contributed by atoms with Crippen LogP contribution in [0.1, 0.15) is 13.8 Å². The molecule has 2 saturated heterocycles. The molecule has 2 aliphatic rings. The molecule has 22 heavy (non-hydrogen) atoms. The number of carbonyl (C=O) groups is 4. The van der Waals surface area contributed by atoms with Crippen molar-refractivity contribution in [3.05, 3.63) is 9.81 Å². The molecule has 2 aliphatic heterocycles. The van der Waals surface area contributed by atoms with Gasteiger partial charge in [-0.05, 0) is 24.4 Å². The lowest BCUT2D eigenvalue weighted by molar-refractivity contribution is -0.133. The first-order valence-electron chi connectivity index (χ1n) is 5.63. The third kappa shape index (κ3) is 3.14. The van der Waals surface area contributed by atoms with Gasteiger partial charge >= 0.3 is 0 Å². The number of carbonyl (C=O) groups excluding carboxylic acids is 4. The number of nitrogens with one attached hydrogen (secondary N) is 2. The van der Waals surface area contributed by atoms with E-state index in [0.717, 1.165) is 33.5 Å². The molecular weight excluding hydrogens is 368 g/mol. The summed E-state index contributed by atoms with van der Waals surface area (Å²) in [5.74, 6) is -2.17. The summed E-state index contributed by atoms with van der Waals surface area (Å²) in [5.41, 5.74) is 4.55. The van der Waals surface area contributed by atoms with Crippen molar-refractivity contribution >= 4 is 80.2 Å². The zero-order valence-electron chi connectivity index (χ0n) is 11.2. The Bertz CT molecular complexity index is 618. The Morgan fingerprint density at radius 3 is 1.45 bits per heavy atom. The van der Waals surface area contributed by atoms with Crippen LogP contribution >= 0.6 is 48.0 Å². The first-order valence-corrected chi connectivity index (χ1v) is 8.08. The zero-order chi connectivity index (χ0) is 16.6. The van der Waals surface area contributed by atoms with Crippen molar-refractivity contribution in [3.8, 4) is 0 Å². The molecule has 8 nitrogen and oxygen atoms in total. The number of hydrazine groups is 2. The van der Waals surface area contributed by atoms with Gasteiger partial charge < -0.3 is 0 Å². The summed E-state index contributed by atoms with van der Waals surface area (Å²) in [5, 5.41) is 1.78. The van der Waals surface area contributed by atoms with Crippen molar-refractivity contribution in [2.45, 2.75) is 13.8 Å². The van der Waals surface area contributed by atoms with Crippen LogP contribution in [0.3, 0.4) is 0 Å². The van der Waals surface area contributed by atoms with Gasteiger partial charge in [0.2, 0.25) is 11.8 Å². The van der Waals surface area contributed by atoms with E-state index in [-0.39, 0.29) is 18.5 Å². The van der Waals surface area contributed by atoms with Crippen LogP contribution in [0, 0.1) is 0 Å². The summed E-state index contributed by atoms with van der Waals surface area (Å²) >= 11 is 11.8. The Kier molecular flexibility index (Phi) is 4.84. The summed E-state index contributed by atoms with van der Waals surface area (Å²) < 4.78 is 0.194. The van der Waals surface area contributed by atoms with Crippen molar-refractivity contribution in [2.24, 2.45) is 0 Å². The Labute approximate surface area is 143 Å². The van der Waals surface area contributed by atoms with E-state index in [1.165, 1.54) is 13.8 Å². The van der Waals surface area contributed by atoms with Gasteiger partial charge in [0.05, 0.1) is 0 Å². The minimum atomic E-state index is -0.617. The molecule has 0 unspecified atom stereocenters. The van der Waals surface area contributed by atoms with Gasteiger partial charge in [-0.1, -0.05) is 23.5 Å². The van der Waals surface area contributed by atoms with Crippen molar-refractivity contribution in [1.82, 2.24) is 20.9 Å². The first kappa shape index (κ1) is 16.9.